The van der Waals surface area contributed by atoms with Crippen molar-refractivity contribution >= 4 is 34.2 Å². The zero-order valence-corrected chi connectivity index (χ0v) is 15.5. The minimum atomic E-state index is -0.200. The van der Waals surface area contributed by atoms with Gasteiger partial charge in [-0.1, -0.05) is 13.0 Å². The lowest BCUT2D eigenvalue weighted by Crippen LogP contribution is -2.24. The standard InChI is InChI=1S/C21H22N4O2/c1-3-19-23-17-13-15(9-10-18(17)24(19)2)22-21(27)14-6-4-7-16(12-14)25-11-5-8-20(25)26/h4,6-7,9-10,12-13H,3,5,8,11H2,1-2H3,(H,22,27). The van der Waals surface area contributed by atoms with Crippen LogP contribution in [-0.2, 0) is 18.3 Å². The highest BCUT2D eigenvalue weighted by atomic mass is 16.2. The molecule has 27 heavy (non-hydrogen) atoms. The van der Waals surface area contributed by atoms with E-state index in [1.165, 1.54) is 0 Å². The number of benzene rings is 2. The number of amides is 2. The molecule has 1 N–H and O–H groups in total. The highest BCUT2D eigenvalue weighted by molar-refractivity contribution is 6.06. The lowest BCUT2D eigenvalue weighted by Gasteiger charge is -2.16. The normalized spacial score (nSPS) is 14.1. The maximum Gasteiger partial charge on any atom is 0.255 e. The Bertz CT molecular complexity index is 1040. The molecule has 2 aromatic carbocycles. The predicted octanol–water partition coefficient (Wildman–Crippen LogP) is 3.51. The summed E-state index contributed by atoms with van der Waals surface area (Å²) < 4.78 is 2.07. The largest absolute Gasteiger partial charge is 0.331 e. The topological polar surface area (TPSA) is 67.2 Å². The Morgan fingerprint density at radius 3 is 2.81 bits per heavy atom. The first kappa shape index (κ1) is 17.3. The van der Waals surface area contributed by atoms with Gasteiger partial charge in [0.2, 0.25) is 5.91 Å². The first-order valence-corrected chi connectivity index (χ1v) is 9.24. The van der Waals surface area contributed by atoms with Crippen LogP contribution in [-0.4, -0.2) is 27.9 Å². The third-order valence-corrected chi connectivity index (χ3v) is 5.04. The second-order valence-electron chi connectivity index (χ2n) is 6.80. The Labute approximate surface area is 157 Å². The number of nitrogens with one attached hydrogen (secondary N) is 1. The molecule has 0 bridgehead atoms. The summed E-state index contributed by atoms with van der Waals surface area (Å²) >= 11 is 0. The van der Waals surface area contributed by atoms with Crippen LogP contribution in [0.5, 0.6) is 0 Å². The van der Waals surface area contributed by atoms with E-state index in [9.17, 15) is 9.59 Å². The number of carbonyl (C=O) groups is 2. The number of anilines is 2. The van der Waals surface area contributed by atoms with Crippen LogP contribution in [0, 0.1) is 0 Å². The number of aromatic nitrogens is 2. The van der Waals surface area contributed by atoms with Crippen molar-refractivity contribution in [3.63, 3.8) is 0 Å². The quantitative estimate of drug-likeness (QED) is 0.772. The Kier molecular flexibility index (Phi) is 4.39. The molecule has 1 aromatic heterocycles. The van der Waals surface area contributed by atoms with Crippen molar-refractivity contribution in [3.05, 3.63) is 53.9 Å². The summed E-state index contributed by atoms with van der Waals surface area (Å²) in [6.45, 7) is 2.78. The molecule has 6 nitrogen and oxygen atoms in total. The summed E-state index contributed by atoms with van der Waals surface area (Å²) in [6.07, 6.45) is 2.29. The number of rotatable bonds is 4. The van der Waals surface area contributed by atoms with E-state index >= 15 is 0 Å². The van der Waals surface area contributed by atoms with Crippen molar-refractivity contribution in [3.8, 4) is 0 Å². The fraction of sp³-hybridized carbons (Fsp3) is 0.286. The first-order valence-electron chi connectivity index (χ1n) is 9.24. The third-order valence-electron chi connectivity index (χ3n) is 5.04. The van der Waals surface area contributed by atoms with Crippen molar-refractivity contribution in [2.24, 2.45) is 7.05 Å². The monoisotopic (exact) mass is 362 g/mol. The van der Waals surface area contributed by atoms with Crippen molar-refractivity contribution in [2.75, 3.05) is 16.8 Å². The van der Waals surface area contributed by atoms with Crippen LogP contribution < -0.4 is 10.2 Å². The molecule has 138 valence electrons. The summed E-state index contributed by atoms with van der Waals surface area (Å²) in [6, 6.07) is 12.9. The SMILES string of the molecule is CCc1nc2cc(NC(=O)c3cccc(N4CCCC4=O)c3)ccc2n1C. The molecule has 0 unspecified atom stereocenters. The lowest BCUT2D eigenvalue weighted by atomic mass is 10.1. The van der Waals surface area contributed by atoms with Gasteiger partial charge in [-0.25, -0.2) is 4.98 Å². The molecule has 0 atom stereocenters. The highest BCUT2D eigenvalue weighted by Crippen LogP contribution is 2.24. The molecule has 2 amide bonds. The fourth-order valence-corrected chi connectivity index (χ4v) is 3.58. The molecule has 1 fully saturated rings. The summed E-state index contributed by atoms with van der Waals surface area (Å²) in [7, 11) is 2.00. The fourth-order valence-electron chi connectivity index (χ4n) is 3.58. The van der Waals surface area contributed by atoms with Gasteiger partial charge in [-0.15, -0.1) is 0 Å². The van der Waals surface area contributed by atoms with E-state index in [-0.39, 0.29) is 11.8 Å². The Hall–Kier alpha value is -3.15. The maximum absolute atomic E-state index is 12.7. The average molecular weight is 362 g/mol. The molecule has 0 aliphatic carbocycles. The van der Waals surface area contributed by atoms with Gasteiger partial charge in [-0.3, -0.25) is 9.59 Å². The van der Waals surface area contributed by atoms with Crippen molar-refractivity contribution < 1.29 is 9.59 Å². The van der Waals surface area contributed by atoms with Crippen LogP contribution in [0.4, 0.5) is 11.4 Å². The van der Waals surface area contributed by atoms with Crippen LogP contribution in [0.2, 0.25) is 0 Å². The van der Waals surface area contributed by atoms with E-state index in [2.05, 4.69) is 21.8 Å². The Balaban J connectivity index is 1.57. The molecule has 2 heterocycles. The summed E-state index contributed by atoms with van der Waals surface area (Å²) in [5.74, 6) is 0.922. The molecule has 0 saturated carbocycles. The van der Waals surface area contributed by atoms with Crippen LogP contribution in [0.3, 0.4) is 0 Å². The molecular formula is C21H22N4O2. The van der Waals surface area contributed by atoms with E-state index in [4.69, 9.17) is 0 Å². The molecule has 1 saturated heterocycles. The van der Waals surface area contributed by atoms with Crippen molar-refractivity contribution in [1.29, 1.82) is 0 Å². The van der Waals surface area contributed by atoms with Crippen LogP contribution in [0.25, 0.3) is 11.0 Å². The van der Waals surface area contributed by atoms with E-state index < -0.39 is 0 Å². The number of imidazole rings is 1. The van der Waals surface area contributed by atoms with Gasteiger partial charge < -0.3 is 14.8 Å². The number of hydrogen-bond donors (Lipinski definition) is 1. The van der Waals surface area contributed by atoms with Gasteiger partial charge >= 0.3 is 0 Å². The molecular weight excluding hydrogens is 340 g/mol. The van der Waals surface area contributed by atoms with E-state index in [0.29, 0.717) is 24.2 Å². The Morgan fingerprint density at radius 2 is 2.07 bits per heavy atom. The van der Waals surface area contributed by atoms with Crippen molar-refractivity contribution in [1.82, 2.24) is 9.55 Å². The summed E-state index contributed by atoms with van der Waals surface area (Å²) in [5.41, 5.74) is 3.92. The van der Waals surface area contributed by atoms with Crippen LogP contribution in [0.1, 0.15) is 35.9 Å². The predicted molar refractivity (Wildman–Crippen MR) is 106 cm³/mol. The van der Waals surface area contributed by atoms with Gasteiger partial charge in [0.1, 0.15) is 5.82 Å². The lowest BCUT2D eigenvalue weighted by molar-refractivity contribution is -0.117. The Morgan fingerprint density at radius 1 is 1.22 bits per heavy atom. The molecule has 1 aliphatic heterocycles. The number of hydrogen-bond acceptors (Lipinski definition) is 3. The van der Waals surface area contributed by atoms with E-state index in [1.807, 2.05) is 37.4 Å². The van der Waals surface area contributed by atoms with Gasteiger partial charge in [0.25, 0.3) is 5.91 Å². The highest BCUT2D eigenvalue weighted by Gasteiger charge is 2.22. The molecule has 0 radical (unpaired) electrons. The van der Waals surface area contributed by atoms with Gasteiger partial charge in [-0.05, 0) is 42.8 Å². The smallest absolute Gasteiger partial charge is 0.255 e. The molecule has 3 aromatic rings. The second-order valence-corrected chi connectivity index (χ2v) is 6.80. The van der Waals surface area contributed by atoms with Gasteiger partial charge in [-0.2, -0.15) is 0 Å². The molecule has 4 rings (SSSR count). The average Bonchev–Trinajstić information content (AvgIpc) is 3.24. The zero-order chi connectivity index (χ0) is 19.0. The van der Waals surface area contributed by atoms with E-state index in [0.717, 1.165) is 35.4 Å². The van der Waals surface area contributed by atoms with Crippen molar-refractivity contribution in [2.45, 2.75) is 26.2 Å². The minimum absolute atomic E-state index is 0.111. The number of carbonyl (C=O) groups excluding carboxylic acids is 2. The summed E-state index contributed by atoms with van der Waals surface area (Å²) in [4.78, 5) is 31.0. The van der Waals surface area contributed by atoms with Crippen LogP contribution in [0.15, 0.2) is 42.5 Å². The second kappa shape index (κ2) is 6.87. The first-order chi connectivity index (χ1) is 13.1. The number of fused-ring (bicyclic) bond motifs is 1. The van der Waals surface area contributed by atoms with E-state index in [1.54, 1.807) is 17.0 Å². The maximum atomic E-state index is 12.7. The van der Waals surface area contributed by atoms with Gasteiger partial charge in [0.05, 0.1) is 11.0 Å². The van der Waals surface area contributed by atoms with Gasteiger partial charge in [0.15, 0.2) is 0 Å². The minimum Gasteiger partial charge on any atom is -0.331 e. The summed E-state index contributed by atoms with van der Waals surface area (Å²) in [5, 5.41) is 2.93. The van der Waals surface area contributed by atoms with Gasteiger partial charge in [0, 0.05) is 43.4 Å². The third kappa shape index (κ3) is 3.18. The van der Waals surface area contributed by atoms with Crippen LogP contribution >= 0.6 is 0 Å². The number of nitrogens with zero attached hydrogens (tertiary/aromatic N) is 3. The molecule has 1 aliphatic rings. The zero-order valence-electron chi connectivity index (χ0n) is 15.5. The molecule has 0 spiro atoms. The molecule has 6 heteroatoms. The number of aryl methyl sites for hydroxylation is 2.